The van der Waals surface area contributed by atoms with Crippen LogP contribution >= 0.6 is 0 Å². The highest BCUT2D eigenvalue weighted by atomic mass is 16.5. The number of carbonyl (C=O) groups excluding carboxylic acids is 1. The Labute approximate surface area is 94.1 Å². The van der Waals surface area contributed by atoms with Gasteiger partial charge in [-0.2, -0.15) is 5.10 Å². The summed E-state index contributed by atoms with van der Waals surface area (Å²) in [5.74, 6) is 0. The lowest BCUT2D eigenvalue weighted by atomic mass is 10.0. The van der Waals surface area contributed by atoms with Crippen LogP contribution in [0.1, 0.15) is 17.7 Å². The molecule has 1 aliphatic rings. The second-order valence-electron chi connectivity index (χ2n) is 3.81. The van der Waals surface area contributed by atoms with Gasteiger partial charge in [0.1, 0.15) is 0 Å². The van der Waals surface area contributed by atoms with E-state index in [1.165, 1.54) is 12.7 Å². The molecule has 0 unspecified atom stereocenters. The molecule has 0 atom stereocenters. The average molecular weight is 221 g/mol. The Kier molecular flexibility index (Phi) is 2.94. The van der Waals surface area contributed by atoms with Crippen molar-refractivity contribution in [2.75, 3.05) is 20.2 Å². The van der Waals surface area contributed by atoms with Crippen molar-refractivity contribution in [3.63, 3.8) is 0 Å². The van der Waals surface area contributed by atoms with E-state index in [9.17, 15) is 4.79 Å². The monoisotopic (exact) mass is 221 g/mol. The highest BCUT2D eigenvalue weighted by Gasteiger charge is 2.19. The standard InChI is InChI=1S/C11H15N3O2/c1-8-7-12-13-10(8)9-3-5-14(6-4-9)11(15)16-2/h3,7H,4-6H2,1-2H3,(H,12,13). The van der Waals surface area contributed by atoms with Gasteiger partial charge >= 0.3 is 6.09 Å². The Morgan fingerprint density at radius 2 is 2.44 bits per heavy atom. The van der Waals surface area contributed by atoms with E-state index in [2.05, 4.69) is 14.9 Å². The predicted molar refractivity (Wildman–Crippen MR) is 59.9 cm³/mol. The van der Waals surface area contributed by atoms with Gasteiger partial charge in [0.15, 0.2) is 0 Å². The Bertz CT molecular complexity index is 423. The zero-order valence-electron chi connectivity index (χ0n) is 9.49. The fourth-order valence-electron chi connectivity index (χ4n) is 1.85. The van der Waals surface area contributed by atoms with E-state index in [0.29, 0.717) is 13.1 Å². The Morgan fingerprint density at radius 1 is 1.62 bits per heavy atom. The van der Waals surface area contributed by atoms with E-state index in [0.717, 1.165) is 17.7 Å². The van der Waals surface area contributed by atoms with Crippen molar-refractivity contribution < 1.29 is 9.53 Å². The van der Waals surface area contributed by atoms with Gasteiger partial charge in [-0.25, -0.2) is 4.79 Å². The van der Waals surface area contributed by atoms with Crippen LogP contribution in [0, 0.1) is 6.92 Å². The van der Waals surface area contributed by atoms with Crippen molar-refractivity contribution in [2.45, 2.75) is 13.3 Å². The lowest BCUT2D eigenvalue weighted by Gasteiger charge is -2.24. The van der Waals surface area contributed by atoms with Gasteiger partial charge in [0.05, 0.1) is 12.8 Å². The first kappa shape index (κ1) is 10.7. The summed E-state index contributed by atoms with van der Waals surface area (Å²) < 4.78 is 4.68. The first-order chi connectivity index (χ1) is 7.72. The molecule has 2 rings (SSSR count). The molecule has 86 valence electrons. The second kappa shape index (κ2) is 4.38. The summed E-state index contributed by atoms with van der Waals surface area (Å²) in [6, 6.07) is 0. The smallest absolute Gasteiger partial charge is 0.409 e. The molecule has 1 N–H and O–H groups in total. The molecule has 0 saturated carbocycles. The lowest BCUT2D eigenvalue weighted by Crippen LogP contribution is -2.34. The molecular formula is C11H15N3O2. The molecule has 1 amide bonds. The summed E-state index contributed by atoms with van der Waals surface area (Å²) in [5, 5.41) is 7.05. The minimum absolute atomic E-state index is 0.269. The summed E-state index contributed by atoms with van der Waals surface area (Å²) in [6.45, 7) is 3.30. The van der Waals surface area contributed by atoms with Gasteiger partial charge in [0.2, 0.25) is 0 Å². The maximum absolute atomic E-state index is 11.3. The summed E-state index contributed by atoms with van der Waals surface area (Å²) in [4.78, 5) is 13.0. The molecule has 2 heterocycles. The van der Waals surface area contributed by atoms with Gasteiger partial charge in [-0.15, -0.1) is 0 Å². The highest BCUT2D eigenvalue weighted by Crippen LogP contribution is 2.22. The van der Waals surface area contributed by atoms with Crippen molar-refractivity contribution >= 4 is 11.7 Å². The third-order valence-corrected chi connectivity index (χ3v) is 2.78. The second-order valence-corrected chi connectivity index (χ2v) is 3.81. The highest BCUT2D eigenvalue weighted by molar-refractivity contribution is 5.72. The van der Waals surface area contributed by atoms with E-state index in [4.69, 9.17) is 0 Å². The lowest BCUT2D eigenvalue weighted by molar-refractivity contribution is 0.128. The molecule has 16 heavy (non-hydrogen) atoms. The number of rotatable bonds is 1. The number of aryl methyl sites for hydroxylation is 1. The van der Waals surface area contributed by atoms with Gasteiger partial charge in [-0.1, -0.05) is 6.08 Å². The number of carbonyl (C=O) groups is 1. The average Bonchev–Trinajstić information content (AvgIpc) is 2.75. The van der Waals surface area contributed by atoms with E-state index in [-0.39, 0.29) is 6.09 Å². The van der Waals surface area contributed by atoms with E-state index < -0.39 is 0 Å². The van der Waals surface area contributed by atoms with E-state index in [1.807, 2.05) is 19.2 Å². The van der Waals surface area contributed by atoms with Crippen LogP contribution in [0.15, 0.2) is 12.3 Å². The first-order valence-corrected chi connectivity index (χ1v) is 5.25. The third-order valence-electron chi connectivity index (χ3n) is 2.78. The summed E-state index contributed by atoms with van der Waals surface area (Å²) in [6.07, 6.45) is 4.46. The van der Waals surface area contributed by atoms with Gasteiger partial charge in [0.25, 0.3) is 0 Å². The number of amides is 1. The number of hydrogen-bond donors (Lipinski definition) is 1. The van der Waals surface area contributed by atoms with Crippen LogP contribution in [0.5, 0.6) is 0 Å². The van der Waals surface area contributed by atoms with Gasteiger partial charge in [0, 0.05) is 19.3 Å². The molecule has 0 fully saturated rings. The molecular weight excluding hydrogens is 206 g/mol. The van der Waals surface area contributed by atoms with Crippen LogP contribution < -0.4 is 0 Å². The van der Waals surface area contributed by atoms with Crippen LogP contribution in [0.2, 0.25) is 0 Å². The third kappa shape index (κ3) is 1.93. The Balaban J connectivity index is 2.09. The number of nitrogens with one attached hydrogen (secondary N) is 1. The van der Waals surface area contributed by atoms with Crippen molar-refractivity contribution in [1.82, 2.24) is 15.1 Å². The fourth-order valence-corrected chi connectivity index (χ4v) is 1.85. The quantitative estimate of drug-likeness (QED) is 0.783. The van der Waals surface area contributed by atoms with E-state index in [1.54, 1.807) is 4.90 Å². The van der Waals surface area contributed by atoms with Gasteiger partial charge in [-0.05, 0) is 24.5 Å². The number of aromatic amines is 1. The number of aromatic nitrogens is 2. The van der Waals surface area contributed by atoms with E-state index >= 15 is 0 Å². The minimum Gasteiger partial charge on any atom is -0.453 e. The van der Waals surface area contributed by atoms with Crippen LogP contribution in [0.3, 0.4) is 0 Å². The number of nitrogens with zero attached hydrogens (tertiary/aromatic N) is 2. The molecule has 0 radical (unpaired) electrons. The molecule has 5 heteroatoms. The molecule has 1 aromatic heterocycles. The number of ether oxygens (including phenoxy) is 1. The summed E-state index contributed by atoms with van der Waals surface area (Å²) in [7, 11) is 1.40. The van der Waals surface area contributed by atoms with Gasteiger partial charge < -0.3 is 9.64 Å². The normalized spacial score (nSPS) is 15.9. The summed E-state index contributed by atoms with van der Waals surface area (Å²) in [5.41, 5.74) is 3.33. The first-order valence-electron chi connectivity index (χ1n) is 5.25. The molecule has 0 aromatic carbocycles. The topological polar surface area (TPSA) is 58.2 Å². The fraction of sp³-hybridized carbons (Fsp3) is 0.455. The van der Waals surface area contributed by atoms with Crippen LogP contribution in [0.4, 0.5) is 4.79 Å². The maximum Gasteiger partial charge on any atom is 0.409 e. The number of hydrogen-bond acceptors (Lipinski definition) is 3. The predicted octanol–water partition coefficient (Wildman–Crippen LogP) is 1.57. The molecule has 0 spiro atoms. The maximum atomic E-state index is 11.3. The van der Waals surface area contributed by atoms with Crippen molar-refractivity contribution in [1.29, 1.82) is 0 Å². The molecule has 0 aliphatic carbocycles. The zero-order valence-corrected chi connectivity index (χ0v) is 9.49. The molecule has 5 nitrogen and oxygen atoms in total. The Hall–Kier alpha value is -1.78. The minimum atomic E-state index is -0.269. The molecule has 1 aliphatic heterocycles. The number of methoxy groups -OCH3 is 1. The largest absolute Gasteiger partial charge is 0.453 e. The summed E-state index contributed by atoms with van der Waals surface area (Å²) >= 11 is 0. The van der Waals surface area contributed by atoms with Crippen LogP contribution in [-0.4, -0.2) is 41.4 Å². The SMILES string of the molecule is COC(=O)N1CC=C(c2n[nH]cc2C)CC1. The molecule has 0 saturated heterocycles. The van der Waals surface area contributed by atoms with Gasteiger partial charge in [-0.3, -0.25) is 5.10 Å². The zero-order chi connectivity index (χ0) is 11.5. The Morgan fingerprint density at radius 3 is 2.94 bits per heavy atom. The number of H-pyrrole nitrogens is 1. The van der Waals surface area contributed by atoms with Crippen molar-refractivity contribution in [3.05, 3.63) is 23.5 Å². The van der Waals surface area contributed by atoms with Crippen molar-refractivity contribution in [3.8, 4) is 0 Å². The van der Waals surface area contributed by atoms with Crippen LogP contribution in [-0.2, 0) is 4.74 Å². The van der Waals surface area contributed by atoms with Crippen molar-refractivity contribution in [2.24, 2.45) is 0 Å². The molecule has 0 bridgehead atoms. The molecule has 1 aromatic rings. The van der Waals surface area contributed by atoms with Crippen LogP contribution in [0.25, 0.3) is 5.57 Å².